The summed E-state index contributed by atoms with van der Waals surface area (Å²) in [6, 6.07) is 8.25. The summed E-state index contributed by atoms with van der Waals surface area (Å²) < 4.78 is 0. The van der Waals surface area contributed by atoms with Crippen molar-refractivity contribution in [3.05, 3.63) is 35.9 Å². The minimum atomic E-state index is -1.61. The Morgan fingerprint density at radius 3 is 2.35 bits per heavy atom. The fraction of sp³-hybridized carbons (Fsp3) is 0.333. The molecule has 2 atom stereocenters. The quantitative estimate of drug-likeness (QED) is 0.681. The van der Waals surface area contributed by atoms with Crippen LogP contribution in [0.1, 0.15) is 12.5 Å². The molecule has 0 aromatic heterocycles. The van der Waals surface area contributed by atoms with Crippen molar-refractivity contribution in [2.24, 2.45) is 0 Å². The van der Waals surface area contributed by atoms with E-state index in [0.717, 1.165) is 5.56 Å². The Hall–Kier alpha value is -1.88. The maximum absolute atomic E-state index is 11.0. The van der Waals surface area contributed by atoms with E-state index < -0.39 is 18.1 Å². The number of hydrogen-bond acceptors (Lipinski definition) is 3. The first-order valence-corrected chi connectivity index (χ1v) is 5.22. The minimum absolute atomic E-state index is 0.272. The summed E-state index contributed by atoms with van der Waals surface area (Å²) in [7, 11) is 0. The van der Waals surface area contributed by atoms with Gasteiger partial charge >= 0.3 is 5.97 Å². The highest BCUT2D eigenvalue weighted by Crippen LogP contribution is 2.06. The summed E-state index contributed by atoms with van der Waals surface area (Å²) in [6.07, 6.45) is -1.34. The van der Waals surface area contributed by atoms with E-state index in [9.17, 15) is 14.7 Å². The lowest BCUT2D eigenvalue weighted by atomic mass is 10.0. The van der Waals surface area contributed by atoms with Crippen molar-refractivity contribution in [1.29, 1.82) is 0 Å². The molecule has 0 spiro atoms. The number of nitrogens with one attached hydrogen (secondary N) is 1. The van der Waals surface area contributed by atoms with Gasteiger partial charge < -0.3 is 15.5 Å². The highest BCUT2D eigenvalue weighted by atomic mass is 16.4. The van der Waals surface area contributed by atoms with Gasteiger partial charge in [0.25, 0.3) is 0 Å². The summed E-state index contributed by atoms with van der Waals surface area (Å²) in [6.45, 7) is 1.28. The van der Waals surface area contributed by atoms with Gasteiger partial charge in [-0.25, -0.2) is 4.79 Å². The Bertz CT molecular complexity index is 391. The summed E-state index contributed by atoms with van der Waals surface area (Å²) in [5, 5.41) is 20.7. The number of aliphatic hydroxyl groups is 1. The average molecular weight is 237 g/mol. The molecule has 3 N–H and O–H groups in total. The molecule has 0 saturated carbocycles. The average Bonchev–Trinajstić information content (AvgIpc) is 2.28. The van der Waals surface area contributed by atoms with Crippen LogP contribution >= 0.6 is 0 Å². The van der Waals surface area contributed by atoms with Crippen LogP contribution in [0.3, 0.4) is 0 Å². The highest BCUT2D eigenvalue weighted by molar-refractivity contribution is 5.77. The van der Waals surface area contributed by atoms with Crippen LogP contribution in [0.2, 0.25) is 0 Å². The van der Waals surface area contributed by atoms with E-state index in [0.29, 0.717) is 0 Å². The molecule has 0 aliphatic carbocycles. The second-order valence-electron chi connectivity index (χ2n) is 3.78. The normalized spacial score (nSPS) is 13.8. The zero-order valence-corrected chi connectivity index (χ0v) is 9.46. The Kier molecular flexibility index (Phi) is 4.66. The van der Waals surface area contributed by atoms with E-state index in [-0.39, 0.29) is 12.3 Å². The first kappa shape index (κ1) is 13.2. The number of carbonyl (C=O) groups excluding carboxylic acids is 1. The number of aliphatic carboxylic acids is 1. The fourth-order valence-electron chi connectivity index (χ4n) is 1.54. The van der Waals surface area contributed by atoms with Crippen molar-refractivity contribution in [2.45, 2.75) is 25.5 Å². The standard InChI is InChI=1S/C12H15NO4/c1-8(14)13-10(11(15)12(16)17)7-9-5-3-2-4-6-9/h2-6,10-11,15H,7H2,1H3,(H,13,14)(H,16,17)/t10-,11+/m1/s1. The molecule has 0 heterocycles. The molecule has 5 nitrogen and oxygen atoms in total. The van der Waals surface area contributed by atoms with Crippen LogP contribution < -0.4 is 5.32 Å². The van der Waals surface area contributed by atoms with Gasteiger partial charge in [0.15, 0.2) is 6.10 Å². The lowest BCUT2D eigenvalue weighted by Crippen LogP contribution is -2.47. The molecular formula is C12H15NO4. The maximum Gasteiger partial charge on any atom is 0.334 e. The van der Waals surface area contributed by atoms with E-state index >= 15 is 0 Å². The lowest BCUT2D eigenvalue weighted by Gasteiger charge is -2.20. The molecule has 0 saturated heterocycles. The number of carbonyl (C=O) groups is 2. The van der Waals surface area contributed by atoms with Crippen LogP contribution in [0.15, 0.2) is 30.3 Å². The molecular weight excluding hydrogens is 222 g/mol. The van der Waals surface area contributed by atoms with Crippen molar-refractivity contribution in [2.75, 3.05) is 0 Å². The molecule has 1 aromatic carbocycles. The van der Waals surface area contributed by atoms with Gasteiger partial charge in [0.1, 0.15) is 0 Å². The van der Waals surface area contributed by atoms with E-state index in [2.05, 4.69) is 5.32 Å². The van der Waals surface area contributed by atoms with E-state index in [4.69, 9.17) is 5.11 Å². The van der Waals surface area contributed by atoms with Crippen LogP contribution in [0, 0.1) is 0 Å². The number of rotatable bonds is 5. The van der Waals surface area contributed by atoms with Crippen LogP contribution in [-0.2, 0) is 16.0 Å². The molecule has 0 aliphatic rings. The SMILES string of the molecule is CC(=O)N[C@H](Cc1ccccc1)[C@H](O)C(=O)O. The monoisotopic (exact) mass is 237 g/mol. The molecule has 17 heavy (non-hydrogen) atoms. The van der Waals surface area contributed by atoms with Gasteiger partial charge in [0.05, 0.1) is 6.04 Å². The van der Waals surface area contributed by atoms with Gasteiger partial charge in [-0.05, 0) is 12.0 Å². The Morgan fingerprint density at radius 2 is 1.88 bits per heavy atom. The van der Waals surface area contributed by atoms with Crippen molar-refractivity contribution in [3.8, 4) is 0 Å². The molecule has 0 fully saturated rings. The van der Waals surface area contributed by atoms with Crippen molar-refractivity contribution >= 4 is 11.9 Å². The molecule has 0 unspecified atom stereocenters. The van der Waals surface area contributed by atoms with Crippen LogP contribution in [-0.4, -0.2) is 34.2 Å². The topological polar surface area (TPSA) is 86.6 Å². The third-order valence-electron chi connectivity index (χ3n) is 2.32. The first-order valence-electron chi connectivity index (χ1n) is 5.22. The second-order valence-corrected chi connectivity index (χ2v) is 3.78. The number of amides is 1. The number of benzene rings is 1. The summed E-state index contributed by atoms with van der Waals surface area (Å²) in [5.74, 6) is -1.72. The predicted octanol–water partition coefficient (Wildman–Crippen LogP) is 0.179. The van der Waals surface area contributed by atoms with E-state index in [1.165, 1.54) is 6.92 Å². The predicted molar refractivity (Wildman–Crippen MR) is 61.4 cm³/mol. The van der Waals surface area contributed by atoms with Crippen LogP contribution in [0.5, 0.6) is 0 Å². The molecule has 5 heteroatoms. The Labute approximate surface area is 99.1 Å². The molecule has 1 rings (SSSR count). The lowest BCUT2D eigenvalue weighted by molar-refractivity contribution is -0.148. The third-order valence-corrected chi connectivity index (χ3v) is 2.32. The third kappa shape index (κ3) is 4.24. The van der Waals surface area contributed by atoms with Crippen molar-refractivity contribution < 1.29 is 19.8 Å². The maximum atomic E-state index is 11.0. The zero-order chi connectivity index (χ0) is 12.8. The van der Waals surface area contributed by atoms with E-state index in [1.54, 1.807) is 0 Å². The van der Waals surface area contributed by atoms with E-state index in [1.807, 2.05) is 30.3 Å². The van der Waals surface area contributed by atoms with Crippen molar-refractivity contribution in [3.63, 3.8) is 0 Å². The zero-order valence-electron chi connectivity index (χ0n) is 9.46. The Morgan fingerprint density at radius 1 is 1.29 bits per heavy atom. The molecule has 0 radical (unpaired) electrons. The Balaban J connectivity index is 2.77. The first-order chi connectivity index (χ1) is 8.00. The molecule has 1 amide bonds. The van der Waals surface area contributed by atoms with Gasteiger partial charge in [-0.3, -0.25) is 4.79 Å². The number of hydrogen-bond donors (Lipinski definition) is 3. The fourth-order valence-corrected chi connectivity index (χ4v) is 1.54. The largest absolute Gasteiger partial charge is 0.479 e. The number of carboxylic acid groups (broad SMARTS) is 1. The van der Waals surface area contributed by atoms with Crippen LogP contribution in [0.4, 0.5) is 0 Å². The summed E-state index contributed by atoms with van der Waals surface area (Å²) >= 11 is 0. The number of carboxylic acids is 1. The van der Waals surface area contributed by atoms with Gasteiger partial charge in [0, 0.05) is 6.92 Å². The molecule has 0 bridgehead atoms. The minimum Gasteiger partial charge on any atom is -0.479 e. The van der Waals surface area contributed by atoms with Crippen LogP contribution in [0.25, 0.3) is 0 Å². The van der Waals surface area contributed by atoms with Gasteiger partial charge in [0.2, 0.25) is 5.91 Å². The highest BCUT2D eigenvalue weighted by Gasteiger charge is 2.26. The second kappa shape index (κ2) is 6.00. The number of aliphatic hydroxyl groups excluding tert-OH is 1. The van der Waals surface area contributed by atoms with Gasteiger partial charge in [-0.2, -0.15) is 0 Å². The molecule has 1 aromatic rings. The molecule has 0 aliphatic heterocycles. The smallest absolute Gasteiger partial charge is 0.334 e. The summed E-state index contributed by atoms with van der Waals surface area (Å²) in [4.78, 5) is 21.7. The van der Waals surface area contributed by atoms with Crippen molar-refractivity contribution in [1.82, 2.24) is 5.32 Å². The molecule has 92 valence electrons. The van der Waals surface area contributed by atoms with Gasteiger partial charge in [-0.15, -0.1) is 0 Å². The summed E-state index contributed by atoms with van der Waals surface area (Å²) in [5.41, 5.74) is 0.853. The van der Waals surface area contributed by atoms with Gasteiger partial charge in [-0.1, -0.05) is 30.3 Å².